The van der Waals surface area contributed by atoms with Crippen molar-refractivity contribution in [2.45, 2.75) is 32.1 Å². The molecule has 1 N–H and O–H groups in total. The number of ether oxygens (including phenoxy) is 1. The van der Waals surface area contributed by atoms with Crippen molar-refractivity contribution in [1.82, 2.24) is 4.90 Å². The predicted molar refractivity (Wildman–Crippen MR) is 89.9 cm³/mol. The molecule has 0 aliphatic rings. The Bertz CT molecular complexity index is 569. The van der Waals surface area contributed by atoms with Gasteiger partial charge in [-0.2, -0.15) is 0 Å². The number of rotatable bonds is 7. The third kappa shape index (κ3) is 4.33. The van der Waals surface area contributed by atoms with Crippen LogP contribution in [0.5, 0.6) is 5.75 Å². The van der Waals surface area contributed by atoms with Crippen LogP contribution in [-0.4, -0.2) is 30.1 Å². The van der Waals surface area contributed by atoms with Crippen LogP contribution >= 0.6 is 0 Å². The van der Waals surface area contributed by atoms with E-state index in [0.29, 0.717) is 6.61 Å². The van der Waals surface area contributed by atoms with Crippen molar-refractivity contribution in [3.63, 3.8) is 0 Å². The van der Waals surface area contributed by atoms with E-state index >= 15 is 0 Å². The quantitative estimate of drug-likeness (QED) is 0.847. The summed E-state index contributed by atoms with van der Waals surface area (Å²) in [6.45, 7) is 2.62. The molecule has 0 bridgehead atoms. The molecule has 0 unspecified atom stereocenters. The molecule has 2 aromatic carbocycles. The molecule has 2 rings (SSSR count). The summed E-state index contributed by atoms with van der Waals surface area (Å²) in [7, 11) is 3.99. The van der Waals surface area contributed by atoms with E-state index in [1.165, 1.54) is 0 Å². The summed E-state index contributed by atoms with van der Waals surface area (Å²) in [6.07, 6.45) is 0.378. The molecular weight excluding hydrogens is 274 g/mol. The molecule has 2 aromatic rings. The Morgan fingerprint density at radius 2 is 1.77 bits per heavy atom. The lowest BCUT2D eigenvalue weighted by atomic mass is 9.99. The van der Waals surface area contributed by atoms with Gasteiger partial charge in [0.05, 0.1) is 6.10 Å². The molecular formula is C19H25NO2. The summed E-state index contributed by atoms with van der Waals surface area (Å²) in [6, 6.07) is 17.9. The molecule has 0 fully saturated rings. The highest BCUT2D eigenvalue weighted by molar-refractivity contribution is 5.31. The summed E-state index contributed by atoms with van der Waals surface area (Å²) in [4.78, 5) is 2.06. The first-order chi connectivity index (χ1) is 10.6. The highest BCUT2D eigenvalue weighted by Gasteiger charge is 2.21. The van der Waals surface area contributed by atoms with Crippen molar-refractivity contribution in [1.29, 1.82) is 0 Å². The normalized spacial score (nSPS) is 13.9. The second-order valence-electron chi connectivity index (χ2n) is 5.73. The SMILES string of the molecule is CC[C@@H]([C@@H](O)c1cccc(OCc2ccccc2)c1)N(C)C. The van der Waals surface area contributed by atoms with Crippen molar-refractivity contribution >= 4 is 0 Å². The number of aliphatic hydroxyl groups excluding tert-OH is 1. The predicted octanol–water partition coefficient (Wildman–Crippen LogP) is 3.64. The summed E-state index contributed by atoms with van der Waals surface area (Å²) in [5.41, 5.74) is 2.03. The average molecular weight is 299 g/mol. The van der Waals surface area contributed by atoms with E-state index < -0.39 is 6.10 Å². The maximum atomic E-state index is 10.6. The van der Waals surface area contributed by atoms with E-state index in [1.807, 2.05) is 68.7 Å². The second kappa shape index (κ2) is 7.97. The summed E-state index contributed by atoms with van der Waals surface area (Å²) < 4.78 is 5.83. The largest absolute Gasteiger partial charge is 0.489 e. The van der Waals surface area contributed by atoms with Crippen LogP contribution in [0.1, 0.15) is 30.6 Å². The summed E-state index contributed by atoms with van der Waals surface area (Å²) in [5.74, 6) is 0.786. The molecule has 0 aliphatic heterocycles. The maximum Gasteiger partial charge on any atom is 0.120 e. The van der Waals surface area contributed by atoms with E-state index in [1.54, 1.807) is 0 Å². The van der Waals surface area contributed by atoms with Gasteiger partial charge in [-0.25, -0.2) is 0 Å². The fourth-order valence-electron chi connectivity index (χ4n) is 2.62. The molecule has 0 radical (unpaired) electrons. The molecule has 0 saturated carbocycles. The van der Waals surface area contributed by atoms with Crippen LogP contribution in [0, 0.1) is 0 Å². The Morgan fingerprint density at radius 3 is 2.41 bits per heavy atom. The Balaban J connectivity index is 2.06. The van der Waals surface area contributed by atoms with E-state index in [0.717, 1.165) is 23.3 Å². The van der Waals surface area contributed by atoms with Gasteiger partial charge >= 0.3 is 0 Å². The van der Waals surface area contributed by atoms with Crippen LogP contribution in [0.2, 0.25) is 0 Å². The van der Waals surface area contributed by atoms with Crippen molar-refractivity contribution in [3.8, 4) is 5.75 Å². The number of hydrogen-bond donors (Lipinski definition) is 1. The smallest absolute Gasteiger partial charge is 0.120 e. The Kier molecular flexibility index (Phi) is 5.99. The minimum atomic E-state index is -0.514. The van der Waals surface area contributed by atoms with Crippen LogP contribution in [0.4, 0.5) is 0 Å². The van der Waals surface area contributed by atoms with Gasteiger partial charge in [-0.1, -0.05) is 49.4 Å². The monoisotopic (exact) mass is 299 g/mol. The molecule has 0 amide bonds. The van der Waals surface area contributed by atoms with Gasteiger partial charge in [0, 0.05) is 6.04 Å². The second-order valence-corrected chi connectivity index (χ2v) is 5.73. The van der Waals surface area contributed by atoms with Gasteiger partial charge in [0.1, 0.15) is 12.4 Å². The highest BCUT2D eigenvalue weighted by Crippen LogP contribution is 2.25. The van der Waals surface area contributed by atoms with Gasteiger partial charge in [0.15, 0.2) is 0 Å². The van der Waals surface area contributed by atoms with Crippen LogP contribution in [0.3, 0.4) is 0 Å². The minimum absolute atomic E-state index is 0.101. The van der Waals surface area contributed by atoms with E-state index in [4.69, 9.17) is 4.74 Å². The molecule has 3 nitrogen and oxygen atoms in total. The van der Waals surface area contributed by atoms with Gasteiger partial charge < -0.3 is 14.7 Å². The molecule has 2 atom stereocenters. The molecule has 118 valence electrons. The van der Waals surface area contributed by atoms with Crippen molar-refractivity contribution in [2.24, 2.45) is 0 Å². The standard InChI is InChI=1S/C19H25NO2/c1-4-18(20(2)3)19(21)16-11-8-12-17(13-16)22-14-15-9-6-5-7-10-15/h5-13,18-19,21H,4,14H2,1-3H3/t18-,19-/m0/s1. The molecule has 22 heavy (non-hydrogen) atoms. The lowest BCUT2D eigenvalue weighted by molar-refractivity contribution is 0.0732. The molecule has 0 spiro atoms. The fraction of sp³-hybridized carbons (Fsp3) is 0.368. The Hall–Kier alpha value is -1.84. The number of hydrogen-bond acceptors (Lipinski definition) is 3. The van der Waals surface area contributed by atoms with Gasteiger partial charge in [0.2, 0.25) is 0 Å². The molecule has 0 saturated heterocycles. The average Bonchev–Trinajstić information content (AvgIpc) is 2.54. The number of likely N-dealkylation sites (N-methyl/N-ethyl adjacent to an activating group) is 1. The van der Waals surface area contributed by atoms with Gasteiger partial charge in [-0.15, -0.1) is 0 Å². The van der Waals surface area contributed by atoms with Gasteiger partial charge in [-0.3, -0.25) is 0 Å². The highest BCUT2D eigenvalue weighted by atomic mass is 16.5. The van der Waals surface area contributed by atoms with E-state index in [2.05, 4.69) is 11.8 Å². The molecule has 0 heterocycles. The first-order valence-corrected chi connectivity index (χ1v) is 7.73. The maximum absolute atomic E-state index is 10.6. The van der Waals surface area contributed by atoms with Crippen LogP contribution in [0.25, 0.3) is 0 Å². The lowest BCUT2D eigenvalue weighted by Gasteiger charge is -2.28. The zero-order chi connectivity index (χ0) is 15.9. The minimum Gasteiger partial charge on any atom is -0.489 e. The van der Waals surface area contributed by atoms with E-state index in [9.17, 15) is 5.11 Å². The molecule has 0 aliphatic carbocycles. The summed E-state index contributed by atoms with van der Waals surface area (Å²) >= 11 is 0. The number of benzene rings is 2. The summed E-state index contributed by atoms with van der Waals surface area (Å²) in [5, 5.41) is 10.6. The topological polar surface area (TPSA) is 32.7 Å². The van der Waals surface area contributed by atoms with Crippen molar-refractivity contribution in [2.75, 3.05) is 14.1 Å². The van der Waals surface area contributed by atoms with Crippen LogP contribution in [-0.2, 0) is 6.61 Å². The molecule has 3 heteroatoms. The Morgan fingerprint density at radius 1 is 1.05 bits per heavy atom. The third-order valence-corrected chi connectivity index (χ3v) is 3.89. The van der Waals surface area contributed by atoms with Crippen molar-refractivity contribution < 1.29 is 9.84 Å². The zero-order valence-electron chi connectivity index (χ0n) is 13.6. The first kappa shape index (κ1) is 16.5. The van der Waals surface area contributed by atoms with Crippen LogP contribution < -0.4 is 4.74 Å². The van der Waals surface area contributed by atoms with Gasteiger partial charge in [0.25, 0.3) is 0 Å². The molecule has 0 aromatic heterocycles. The third-order valence-electron chi connectivity index (χ3n) is 3.89. The Labute approximate surface area is 133 Å². The number of aliphatic hydroxyl groups is 1. The fourth-order valence-corrected chi connectivity index (χ4v) is 2.62. The van der Waals surface area contributed by atoms with Crippen molar-refractivity contribution in [3.05, 3.63) is 65.7 Å². The lowest BCUT2D eigenvalue weighted by Crippen LogP contribution is -2.33. The first-order valence-electron chi connectivity index (χ1n) is 7.73. The van der Waals surface area contributed by atoms with E-state index in [-0.39, 0.29) is 6.04 Å². The number of nitrogens with zero attached hydrogens (tertiary/aromatic N) is 1. The van der Waals surface area contributed by atoms with Crippen LogP contribution in [0.15, 0.2) is 54.6 Å². The zero-order valence-corrected chi connectivity index (χ0v) is 13.6. The van der Waals surface area contributed by atoms with Gasteiger partial charge in [-0.05, 0) is 43.8 Å².